The monoisotopic (exact) mass is 384 g/mol. The van der Waals surface area contributed by atoms with Gasteiger partial charge in [-0.3, -0.25) is 9.69 Å². The Morgan fingerprint density at radius 3 is 2.85 bits per heavy atom. The van der Waals surface area contributed by atoms with E-state index in [0.29, 0.717) is 18.1 Å². The van der Waals surface area contributed by atoms with Crippen LogP contribution in [0.5, 0.6) is 0 Å². The van der Waals surface area contributed by atoms with Crippen LogP contribution in [0.1, 0.15) is 17.3 Å². The smallest absolute Gasteiger partial charge is 0.234 e. The van der Waals surface area contributed by atoms with Crippen molar-refractivity contribution in [2.75, 3.05) is 13.1 Å². The maximum atomic E-state index is 12.3. The molecule has 0 bridgehead atoms. The highest BCUT2D eigenvalue weighted by molar-refractivity contribution is 6.30. The van der Waals surface area contributed by atoms with E-state index >= 15 is 0 Å². The summed E-state index contributed by atoms with van der Waals surface area (Å²) < 4.78 is 8.02. The Morgan fingerprint density at radius 2 is 2.04 bits per heavy atom. The maximum Gasteiger partial charge on any atom is 0.234 e. The number of benzene rings is 1. The minimum absolute atomic E-state index is 0.0101. The number of carbonyl (C=O) groups is 1. The van der Waals surface area contributed by atoms with Crippen molar-refractivity contribution in [1.82, 2.24) is 19.8 Å². The van der Waals surface area contributed by atoms with Crippen LogP contribution < -0.4 is 5.32 Å². The molecule has 3 aromatic rings. The normalized spacial score (nSPS) is 14.1. The first-order valence-electron chi connectivity index (χ1n) is 8.93. The molecule has 140 valence electrons. The molecule has 0 radical (unpaired) electrons. The molecule has 6 nitrogen and oxygen atoms in total. The minimum Gasteiger partial charge on any atom is -0.459 e. The second kappa shape index (κ2) is 7.58. The number of rotatable bonds is 5. The number of aromatic nitrogens is 2. The molecule has 4 rings (SSSR count). The topological polar surface area (TPSA) is 63.3 Å². The lowest BCUT2D eigenvalue weighted by Gasteiger charge is -2.27. The summed E-state index contributed by atoms with van der Waals surface area (Å²) in [5, 5.41) is 3.62. The highest BCUT2D eigenvalue weighted by Crippen LogP contribution is 2.23. The Morgan fingerprint density at radius 1 is 1.22 bits per heavy atom. The lowest BCUT2D eigenvalue weighted by Crippen LogP contribution is -2.41. The first-order chi connectivity index (χ1) is 13.1. The number of halogens is 1. The number of imidazole rings is 1. The van der Waals surface area contributed by atoms with Gasteiger partial charge in [0.2, 0.25) is 5.91 Å². The molecule has 0 fully saturated rings. The van der Waals surface area contributed by atoms with Crippen LogP contribution in [0.2, 0.25) is 5.02 Å². The first-order valence-corrected chi connectivity index (χ1v) is 9.31. The standard InChI is InChI=1S/C20H21ClN4O2/c1-14-22-10-17-12-24(8-9-25(14)17)13-20(26)23-11-18-6-7-19(27-18)15-2-4-16(21)5-3-15/h2-7,10H,8-9,11-13H2,1H3,(H,23,26). The number of nitrogens with zero attached hydrogens (tertiary/aromatic N) is 3. The molecule has 0 unspecified atom stereocenters. The molecule has 0 atom stereocenters. The van der Waals surface area contributed by atoms with E-state index in [1.807, 2.05) is 49.5 Å². The summed E-state index contributed by atoms with van der Waals surface area (Å²) in [5.41, 5.74) is 2.11. The van der Waals surface area contributed by atoms with Crippen LogP contribution >= 0.6 is 11.6 Å². The van der Waals surface area contributed by atoms with Gasteiger partial charge < -0.3 is 14.3 Å². The fourth-order valence-electron chi connectivity index (χ4n) is 3.32. The van der Waals surface area contributed by atoms with Crippen LogP contribution in [0.4, 0.5) is 0 Å². The molecule has 0 saturated carbocycles. The van der Waals surface area contributed by atoms with E-state index in [1.165, 1.54) is 0 Å². The van der Waals surface area contributed by atoms with Gasteiger partial charge in [-0.1, -0.05) is 11.6 Å². The van der Waals surface area contributed by atoms with Crippen LogP contribution in [-0.2, 0) is 24.4 Å². The predicted molar refractivity (Wildman–Crippen MR) is 103 cm³/mol. The third-order valence-electron chi connectivity index (χ3n) is 4.78. The lowest BCUT2D eigenvalue weighted by molar-refractivity contribution is -0.122. The SMILES string of the molecule is Cc1ncc2n1CCN(CC(=O)NCc1ccc(-c3ccc(Cl)cc3)o1)C2. The van der Waals surface area contributed by atoms with Crippen molar-refractivity contribution in [2.24, 2.45) is 0 Å². The van der Waals surface area contributed by atoms with Gasteiger partial charge in [0.25, 0.3) is 0 Å². The van der Waals surface area contributed by atoms with Gasteiger partial charge in [-0.15, -0.1) is 0 Å². The Hall–Kier alpha value is -2.57. The van der Waals surface area contributed by atoms with Gasteiger partial charge in [0.05, 0.1) is 18.8 Å². The fourth-order valence-corrected chi connectivity index (χ4v) is 3.44. The molecule has 7 heteroatoms. The van der Waals surface area contributed by atoms with Gasteiger partial charge in [0, 0.05) is 36.4 Å². The molecule has 27 heavy (non-hydrogen) atoms. The summed E-state index contributed by atoms with van der Waals surface area (Å²) in [5.74, 6) is 2.50. The van der Waals surface area contributed by atoms with Gasteiger partial charge in [0.15, 0.2) is 0 Å². The number of hydrogen-bond donors (Lipinski definition) is 1. The molecular weight excluding hydrogens is 364 g/mol. The van der Waals surface area contributed by atoms with Crippen molar-refractivity contribution in [3.05, 3.63) is 64.9 Å². The predicted octanol–water partition coefficient (Wildman–Crippen LogP) is 3.24. The van der Waals surface area contributed by atoms with E-state index in [4.69, 9.17) is 16.0 Å². The van der Waals surface area contributed by atoms with Crippen LogP contribution in [0.25, 0.3) is 11.3 Å². The first kappa shape index (κ1) is 17.8. The summed E-state index contributed by atoms with van der Waals surface area (Å²) in [6.07, 6.45) is 1.89. The van der Waals surface area contributed by atoms with Crippen molar-refractivity contribution in [3.8, 4) is 11.3 Å². The Kier molecular flexibility index (Phi) is 5.01. The summed E-state index contributed by atoms with van der Waals surface area (Å²) in [4.78, 5) is 18.8. The quantitative estimate of drug-likeness (QED) is 0.733. The zero-order chi connectivity index (χ0) is 18.8. The highest BCUT2D eigenvalue weighted by Gasteiger charge is 2.20. The molecule has 1 aromatic carbocycles. The van der Waals surface area contributed by atoms with Crippen LogP contribution in [-0.4, -0.2) is 33.4 Å². The van der Waals surface area contributed by atoms with Crippen molar-refractivity contribution in [1.29, 1.82) is 0 Å². The molecule has 3 heterocycles. The number of fused-ring (bicyclic) bond motifs is 1. The van der Waals surface area contributed by atoms with Crippen LogP contribution in [0.15, 0.2) is 47.0 Å². The minimum atomic E-state index is -0.0101. The number of amides is 1. The molecular formula is C20H21ClN4O2. The Balaban J connectivity index is 1.29. The third-order valence-corrected chi connectivity index (χ3v) is 5.03. The van der Waals surface area contributed by atoms with Gasteiger partial charge in [-0.25, -0.2) is 4.98 Å². The van der Waals surface area contributed by atoms with E-state index in [-0.39, 0.29) is 5.91 Å². The summed E-state index contributed by atoms with van der Waals surface area (Å²) in [7, 11) is 0. The number of carbonyl (C=O) groups excluding carboxylic acids is 1. The Bertz CT molecular complexity index is 945. The fraction of sp³-hybridized carbons (Fsp3) is 0.300. The van der Waals surface area contributed by atoms with Crippen LogP contribution in [0, 0.1) is 6.92 Å². The van der Waals surface area contributed by atoms with E-state index in [1.54, 1.807) is 0 Å². The molecule has 0 saturated heterocycles. The Labute approximate surface area is 162 Å². The molecule has 2 aromatic heterocycles. The van der Waals surface area contributed by atoms with Crippen LogP contribution in [0.3, 0.4) is 0 Å². The van der Waals surface area contributed by atoms with Crippen molar-refractivity contribution in [3.63, 3.8) is 0 Å². The molecule has 1 aliphatic rings. The second-order valence-electron chi connectivity index (χ2n) is 6.71. The van der Waals surface area contributed by atoms with Crippen molar-refractivity contribution < 1.29 is 9.21 Å². The zero-order valence-electron chi connectivity index (χ0n) is 15.1. The summed E-state index contributed by atoms with van der Waals surface area (Å²) in [6, 6.07) is 11.3. The van der Waals surface area contributed by atoms with E-state index in [0.717, 1.165) is 48.2 Å². The number of nitrogens with one attached hydrogen (secondary N) is 1. The second-order valence-corrected chi connectivity index (χ2v) is 7.15. The van der Waals surface area contributed by atoms with Gasteiger partial charge in [0.1, 0.15) is 17.3 Å². The summed E-state index contributed by atoms with van der Waals surface area (Å²) in [6.45, 7) is 5.21. The molecule has 1 N–H and O–H groups in total. The van der Waals surface area contributed by atoms with Gasteiger partial charge >= 0.3 is 0 Å². The van der Waals surface area contributed by atoms with Gasteiger partial charge in [-0.05, 0) is 43.3 Å². The van der Waals surface area contributed by atoms with E-state index in [9.17, 15) is 4.79 Å². The van der Waals surface area contributed by atoms with E-state index in [2.05, 4.69) is 19.8 Å². The molecule has 1 amide bonds. The summed E-state index contributed by atoms with van der Waals surface area (Å²) >= 11 is 5.91. The van der Waals surface area contributed by atoms with Crippen molar-refractivity contribution >= 4 is 17.5 Å². The number of aryl methyl sites for hydroxylation is 1. The van der Waals surface area contributed by atoms with Crippen molar-refractivity contribution in [2.45, 2.75) is 26.6 Å². The number of hydrogen-bond acceptors (Lipinski definition) is 4. The molecule has 0 spiro atoms. The maximum absolute atomic E-state index is 12.3. The highest BCUT2D eigenvalue weighted by atomic mass is 35.5. The largest absolute Gasteiger partial charge is 0.459 e. The molecule has 0 aliphatic carbocycles. The average molecular weight is 385 g/mol. The third kappa shape index (κ3) is 4.07. The van der Waals surface area contributed by atoms with E-state index < -0.39 is 0 Å². The molecule has 1 aliphatic heterocycles. The van der Waals surface area contributed by atoms with Gasteiger partial charge in [-0.2, -0.15) is 0 Å². The average Bonchev–Trinajstić information content (AvgIpc) is 3.28. The zero-order valence-corrected chi connectivity index (χ0v) is 15.9. The lowest BCUT2D eigenvalue weighted by atomic mass is 10.2. The number of furan rings is 1.